The smallest absolute Gasteiger partial charge is 0.0543 e. The molecule has 2 heteroatoms. The van der Waals surface area contributed by atoms with Crippen LogP contribution < -0.4 is 9.80 Å². The summed E-state index contributed by atoms with van der Waals surface area (Å²) >= 11 is 0. The molecule has 0 amide bonds. The van der Waals surface area contributed by atoms with Gasteiger partial charge < -0.3 is 9.80 Å². The van der Waals surface area contributed by atoms with Gasteiger partial charge in [-0.15, -0.1) is 0 Å². The molecule has 60 heavy (non-hydrogen) atoms. The highest BCUT2D eigenvalue weighted by Crippen LogP contribution is 2.57. The van der Waals surface area contributed by atoms with E-state index in [0.717, 1.165) is 6.42 Å². The van der Waals surface area contributed by atoms with Gasteiger partial charge in [-0.1, -0.05) is 115 Å². The highest BCUT2D eigenvalue weighted by atomic mass is 15.2. The van der Waals surface area contributed by atoms with Crippen molar-refractivity contribution in [2.45, 2.75) is 81.1 Å². The average molecular weight is 779 g/mol. The second-order valence-corrected chi connectivity index (χ2v) is 18.4. The van der Waals surface area contributed by atoms with Crippen LogP contribution in [0, 0.1) is 55.4 Å². The molecule has 0 spiro atoms. The van der Waals surface area contributed by atoms with Crippen LogP contribution in [0.3, 0.4) is 0 Å². The normalized spacial score (nSPS) is 13.2. The van der Waals surface area contributed by atoms with Crippen molar-refractivity contribution in [2.75, 3.05) is 9.80 Å². The quantitative estimate of drug-likeness (QED) is 0.166. The third-order valence-corrected chi connectivity index (χ3v) is 13.5. The van der Waals surface area contributed by atoms with E-state index in [1.165, 1.54) is 134 Å². The van der Waals surface area contributed by atoms with Crippen molar-refractivity contribution >= 4 is 44.9 Å². The Morgan fingerprint density at radius 3 is 1.38 bits per heavy atom. The van der Waals surface area contributed by atoms with Gasteiger partial charge in [0.25, 0.3) is 0 Å². The molecule has 0 aromatic heterocycles. The third-order valence-electron chi connectivity index (χ3n) is 13.5. The second kappa shape index (κ2) is 13.8. The third kappa shape index (κ3) is 5.91. The number of anilines is 6. The maximum absolute atomic E-state index is 2.54. The fourth-order valence-electron chi connectivity index (χ4n) is 10.6. The van der Waals surface area contributed by atoms with E-state index in [2.05, 4.69) is 212 Å². The zero-order valence-electron chi connectivity index (χ0n) is 36.8. The standard InChI is InChI=1S/C58H54N2/c1-34-15-21-52(38(5)25-34)59(53-22-16-35(2)26-39(53)6)44-19-20-45-42(30-44)29-43-31-49-50(32-48(43)45)58(9,10)51-33-56(46-13-11-12-14-47(46)57(49)51)60(54-23-17-36(3)27-40(54)7)55-24-18-37(4)28-41(55)8/h11-28,30-33H,29H2,1-10H3. The van der Waals surface area contributed by atoms with Crippen molar-refractivity contribution < 1.29 is 0 Å². The summed E-state index contributed by atoms with van der Waals surface area (Å²) < 4.78 is 0. The lowest BCUT2D eigenvalue weighted by Gasteiger charge is -2.32. The van der Waals surface area contributed by atoms with Crippen molar-refractivity contribution in [1.29, 1.82) is 0 Å². The lowest BCUT2D eigenvalue weighted by Crippen LogP contribution is -2.18. The monoisotopic (exact) mass is 778 g/mol. The number of benzene rings is 8. The van der Waals surface area contributed by atoms with Gasteiger partial charge in [-0.25, -0.2) is 0 Å². The summed E-state index contributed by atoms with van der Waals surface area (Å²) in [5.74, 6) is 0. The maximum Gasteiger partial charge on any atom is 0.0543 e. The van der Waals surface area contributed by atoms with Crippen molar-refractivity contribution in [3.05, 3.63) is 200 Å². The van der Waals surface area contributed by atoms with Crippen LogP contribution in [0.1, 0.15) is 80.6 Å². The molecule has 0 bridgehead atoms. The molecule has 2 nitrogen and oxygen atoms in total. The Hall–Kier alpha value is -6.38. The van der Waals surface area contributed by atoms with Gasteiger partial charge in [-0.3, -0.25) is 0 Å². The number of fused-ring (bicyclic) bond motifs is 8. The van der Waals surface area contributed by atoms with Crippen molar-refractivity contribution in [2.24, 2.45) is 0 Å². The number of hydrogen-bond acceptors (Lipinski definition) is 2. The summed E-state index contributed by atoms with van der Waals surface area (Å²) in [7, 11) is 0. The summed E-state index contributed by atoms with van der Waals surface area (Å²) in [5, 5.41) is 2.58. The molecule has 0 radical (unpaired) electrons. The first-order valence-corrected chi connectivity index (χ1v) is 21.5. The first-order chi connectivity index (χ1) is 28.8. The molecule has 2 aliphatic rings. The van der Waals surface area contributed by atoms with Gasteiger partial charge in [-0.05, 0) is 189 Å². The molecule has 296 valence electrons. The lowest BCUT2D eigenvalue weighted by atomic mass is 9.80. The van der Waals surface area contributed by atoms with Crippen molar-refractivity contribution in [1.82, 2.24) is 0 Å². The molecule has 8 aromatic carbocycles. The molecule has 10 rings (SSSR count). The Kier molecular flexibility index (Phi) is 8.74. The Labute approximate surface area is 356 Å². The summed E-state index contributed by atoms with van der Waals surface area (Å²) in [5.41, 5.74) is 28.4. The summed E-state index contributed by atoms with van der Waals surface area (Å²) in [6.07, 6.45) is 0.915. The summed E-state index contributed by atoms with van der Waals surface area (Å²) in [4.78, 5) is 4.99. The van der Waals surface area contributed by atoms with Crippen LogP contribution >= 0.6 is 0 Å². The lowest BCUT2D eigenvalue weighted by molar-refractivity contribution is 0.661. The van der Waals surface area contributed by atoms with E-state index in [1.807, 2.05) is 0 Å². The zero-order chi connectivity index (χ0) is 41.8. The Morgan fingerprint density at radius 2 is 0.867 bits per heavy atom. The van der Waals surface area contributed by atoms with E-state index in [1.54, 1.807) is 0 Å². The van der Waals surface area contributed by atoms with Crippen LogP contribution in [0.4, 0.5) is 34.1 Å². The Bertz CT molecular complexity index is 2980. The molecule has 0 aliphatic heterocycles. The maximum atomic E-state index is 2.54. The minimum absolute atomic E-state index is 0.208. The van der Waals surface area contributed by atoms with Gasteiger partial charge in [0.2, 0.25) is 0 Å². The second-order valence-electron chi connectivity index (χ2n) is 18.4. The number of hydrogen-bond donors (Lipinski definition) is 0. The Morgan fingerprint density at radius 1 is 0.383 bits per heavy atom. The van der Waals surface area contributed by atoms with Crippen LogP contribution in [0.15, 0.2) is 133 Å². The molecule has 0 saturated carbocycles. The molecule has 8 aromatic rings. The van der Waals surface area contributed by atoms with Crippen LogP contribution in [-0.4, -0.2) is 0 Å². The highest BCUT2D eigenvalue weighted by molar-refractivity contribution is 6.10. The minimum atomic E-state index is -0.208. The number of nitrogens with zero attached hydrogens (tertiary/aromatic N) is 2. The van der Waals surface area contributed by atoms with Crippen LogP contribution in [0.25, 0.3) is 33.0 Å². The van der Waals surface area contributed by atoms with Gasteiger partial charge in [-0.2, -0.15) is 0 Å². The molecule has 0 atom stereocenters. The van der Waals surface area contributed by atoms with Crippen LogP contribution in [0.2, 0.25) is 0 Å². The van der Waals surface area contributed by atoms with Gasteiger partial charge >= 0.3 is 0 Å². The van der Waals surface area contributed by atoms with Gasteiger partial charge in [0.15, 0.2) is 0 Å². The van der Waals surface area contributed by atoms with Crippen molar-refractivity contribution in [3.8, 4) is 22.3 Å². The van der Waals surface area contributed by atoms with E-state index in [4.69, 9.17) is 0 Å². The molecule has 0 saturated heterocycles. The first kappa shape index (κ1) is 37.9. The Balaban J connectivity index is 1.12. The average Bonchev–Trinajstić information content (AvgIpc) is 3.67. The molecular weight excluding hydrogens is 725 g/mol. The van der Waals surface area contributed by atoms with E-state index >= 15 is 0 Å². The molecule has 2 aliphatic carbocycles. The van der Waals surface area contributed by atoms with E-state index in [-0.39, 0.29) is 5.41 Å². The molecule has 0 fully saturated rings. The summed E-state index contributed by atoms with van der Waals surface area (Å²) in [6.45, 7) is 22.6. The van der Waals surface area contributed by atoms with Gasteiger partial charge in [0, 0.05) is 39.2 Å². The number of aryl methyl sites for hydroxylation is 8. The topological polar surface area (TPSA) is 6.48 Å². The minimum Gasteiger partial charge on any atom is -0.310 e. The van der Waals surface area contributed by atoms with E-state index in [9.17, 15) is 0 Å². The first-order valence-electron chi connectivity index (χ1n) is 21.5. The summed E-state index contributed by atoms with van der Waals surface area (Å²) in [6, 6.07) is 51.3. The molecular formula is C58H54N2. The molecule has 0 heterocycles. The van der Waals surface area contributed by atoms with Crippen LogP contribution in [0.5, 0.6) is 0 Å². The molecule has 0 N–H and O–H groups in total. The fourth-order valence-corrected chi connectivity index (χ4v) is 10.6. The predicted molar refractivity (Wildman–Crippen MR) is 257 cm³/mol. The zero-order valence-corrected chi connectivity index (χ0v) is 36.8. The highest BCUT2D eigenvalue weighted by Gasteiger charge is 2.40. The van der Waals surface area contributed by atoms with Crippen molar-refractivity contribution in [3.63, 3.8) is 0 Å². The van der Waals surface area contributed by atoms with Gasteiger partial charge in [0.1, 0.15) is 0 Å². The number of rotatable bonds is 6. The van der Waals surface area contributed by atoms with Gasteiger partial charge in [0.05, 0.1) is 5.69 Å². The largest absolute Gasteiger partial charge is 0.310 e. The predicted octanol–water partition coefficient (Wildman–Crippen LogP) is 16.1. The molecule has 0 unspecified atom stereocenters. The van der Waals surface area contributed by atoms with E-state index < -0.39 is 0 Å². The van der Waals surface area contributed by atoms with Crippen LogP contribution in [-0.2, 0) is 11.8 Å². The fraction of sp³-hybridized carbons (Fsp3) is 0.207. The van der Waals surface area contributed by atoms with E-state index in [0.29, 0.717) is 0 Å². The SMILES string of the molecule is Cc1ccc(N(c2ccc3c(c2)Cc2cc4c(cc2-3)C(C)(C)c2cc(N(c3ccc(C)cc3C)c3ccc(C)cc3C)c3ccccc3c2-4)c2ccc(C)cc2C)c(C)c1.